The van der Waals surface area contributed by atoms with E-state index in [2.05, 4.69) is 16.0 Å². The predicted octanol–water partition coefficient (Wildman–Crippen LogP) is 2.98. The van der Waals surface area contributed by atoms with Gasteiger partial charge in [0.25, 0.3) is 0 Å². The van der Waals surface area contributed by atoms with Gasteiger partial charge in [-0.05, 0) is 36.4 Å². The van der Waals surface area contributed by atoms with Crippen LogP contribution in [0.25, 0.3) is 22.0 Å². The Hall–Kier alpha value is -3.11. The number of aromatic nitrogens is 2. The number of nitriles is 1. The van der Waals surface area contributed by atoms with Crippen molar-refractivity contribution in [3.63, 3.8) is 0 Å². The molecule has 0 unspecified atom stereocenters. The SMILES string of the molecule is N#Cc1sc(-c2ccc(C(N)=O)cn2)nc1-c1ccc(F)cc1. The number of amides is 1. The van der Waals surface area contributed by atoms with Gasteiger partial charge >= 0.3 is 0 Å². The van der Waals surface area contributed by atoms with Gasteiger partial charge in [0.05, 0.1) is 17.0 Å². The van der Waals surface area contributed by atoms with E-state index in [1.54, 1.807) is 24.3 Å². The number of thiazole rings is 1. The number of pyridine rings is 1. The molecule has 1 amide bonds. The van der Waals surface area contributed by atoms with Gasteiger partial charge in [0, 0.05) is 11.8 Å². The monoisotopic (exact) mass is 324 g/mol. The van der Waals surface area contributed by atoms with E-state index in [1.807, 2.05) is 0 Å². The smallest absolute Gasteiger partial charge is 0.250 e. The maximum Gasteiger partial charge on any atom is 0.250 e. The zero-order valence-electron chi connectivity index (χ0n) is 11.7. The molecular weight excluding hydrogens is 315 g/mol. The van der Waals surface area contributed by atoms with Crippen molar-refractivity contribution in [3.05, 3.63) is 58.9 Å². The third-order valence-corrected chi connectivity index (χ3v) is 4.10. The van der Waals surface area contributed by atoms with Gasteiger partial charge in [-0.25, -0.2) is 9.37 Å². The first-order valence-electron chi connectivity index (χ1n) is 6.51. The normalized spacial score (nSPS) is 10.3. The number of rotatable bonds is 3. The molecule has 3 rings (SSSR count). The van der Waals surface area contributed by atoms with Crippen LogP contribution in [0.5, 0.6) is 0 Å². The maximum atomic E-state index is 13.0. The van der Waals surface area contributed by atoms with E-state index in [1.165, 1.54) is 29.7 Å². The van der Waals surface area contributed by atoms with Crippen LogP contribution in [-0.2, 0) is 0 Å². The fourth-order valence-corrected chi connectivity index (χ4v) is 2.84. The fraction of sp³-hybridized carbons (Fsp3) is 0. The largest absolute Gasteiger partial charge is 0.366 e. The van der Waals surface area contributed by atoms with Crippen molar-refractivity contribution in [2.75, 3.05) is 0 Å². The molecule has 112 valence electrons. The first kappa shape index (κ1) is 14.8. The zero-order chi connectivity index (χ0) is 16.4. The van der Waals surface area contributed by atoms with E-state index in [0.717, 1.165) is 0 Å². The van der Waals surface area contributed by atoms with Gasteiger partial charge in [-0.15, -0.1) is 11.3 Å². The summed E-state index contributed by atoms with van der Waals surface area (Å²) in [6.07, 6.45) is 1.36. The third kappa shape index (κ3) is 2.93. The number of hydrogen-bond acceptors (Lipinski definition) is 5. The van der Waals surface area contributed by atoms with Crippen molar-refractivity contribution in [2.45, 2.75) is 0 Å². The number of carbonyl (C=O) groups excluding carboxylic acids is 1. The summed E-state index contributed by atoms with van der Waals surface area (Å²) in [7, 11) is 0. The summed E-state index contributed by atoms with van der Waals surface area (Å²) in [5.41, 5.74) is 7.13. The van der Waals surface area contributed by atoms with Crippen molar-refractivity contribution >= 4 is 17.2 Å². The average molecular weight is 324 g/mol. The van der Waals surface area contributed by atoms with E-state index in [0.29, 0.717) is 32.4 Å². The Balaban J connectivity index is 2.03. The van der Waals surface area contributed by atoms with Gasteiger partial charge < -0.3 is 5.73 Å². The lowest BCUT2D eigenvalue weighted by molar-refractivity contribution is 0.1000. The van der Waals surface area contributed by atoms with E-state index in [-0.39, 0.29) is 5.82 Å². The van der Waals surface area contributed by atoms with Crippen molar-refractivity contribution < 1.29 is 9.18 Å². The highest BCUT2D eigenvalue weighted by Crippen LogP contribution is 2.32. The van der Waals surface area contributed by atoms with E-state index >= 15 is 0 Å². The number of nitrogens with two attached hydrogens (primary N) is 1. The lowest BCUT2D eigenvalue weighted by atomic mass is 10.1. The standard InChI is InChI=1S/C16H9FN4OS/c17-11-4-1-9(2-5-11)14-13(7-18)23-16(21-14)12-6-3-10(8-20-12)15(19)22/h1-6,8H,(H2,19,22). The maximum absolute atomic E-state index is 13.0. The molecule has 0 fully saturated rings. The fourth-order valence-electron chi connectivity index (χ4n) is 1.98. The molecule has 2 N–H and O–H groups in total. The van der Waals surface area contributed by atoms with Crippen molar-refractivity contribution in [1.29, 1.82) is 5.26 Å². The molecule has 0 aliphatic rings. The van der Waals surface area contributed by atoms with Crippen LogP contribution in [-0.4, -0.2) is 15.9 Å². The quantitative estimate of drug-likeness (QED) is 0.801. The Labute approximate surface area is 134 Å². The van der Waals surface area contributed by atoms with Gasteiger partial charge in [0.2, 0.25) is 5.91 Å². The summed E-state index contributed by atoms with van der Waals surface area (Å²) >= 11 is 1.18. The molecule has 23 heavy (non-hydrogen) atoms. The Morgan fingerprint density at radius 1 is 1.22 bits per heavy atom. The highest BCUT2D eigenvalue weighted by atomic mass is 32.1. The minimum absolute atomic E-state index is 0.296. The predicted molar refractivity (Wildman–Crippen MR) is 84.0 cm³/mol. The molecule has 7 heteroatoms. The van der Waals surface area contributed by atoms with Gasteiger partial charge in [0.15, 0.2) is 0 Å². The topological polar surface area (TPSA) is 92.7 Å². The van der Waals surface area contributed by atoms with Crippen LogP contribution in [0.1, 0.15) is 15.2 Å². The summed E-state index contributed by atoms with van der Waals surface area (Å²) in [6, 6.07) is 11.0. The van der Waals surface area contributed by atoms with Gasteiger partial charge in [-0.3, -0.25) is 9.78 Å². The summed E-state index contributed by atoms with van der Waals surface area (Å²) in [5, 5.41) is 9.82. The van der Waals surface area contributed by atoms with Crippen LogP contribution >= 0.6 is 11.3 Å². The molecule has 0 bridgehead atoms. The minimum Gasteiger partial charge on any atom is -0.366 e. The summed E-state index contributed by atoms with van der Waals surface area (Å²) in [4.78, 5) is 20.0. The number of carbonyl (C=O) groups is 1. The average Bonchev–Trinajstić information content (AvgIpc) is 3.00. The Morgan fingerprint density at radius 2 is 1.96 bits per heavy atom. The highest BCUT2D eigenvalue weighted by Gasteiger charge is 2.15. The first-order chi connectivity index (χ1) is 11.1. The third-order valence-electron chi connectivity index (χ3n) is 3.11. The van der Waals surface area contributed by atoms with Crippen molar-refractivity contribution in [1.82, 2.24) is 9.97 Å². The lowest BCUT2D eigenvalue weighted by Crippen LogP contribution is -2.10. The van der Waals surface area contributed by atoms with E-state index in [4.69, 9.17) is 5.73 Å². The van der Waals surface area contributed by atoms with Crippen molar-refractivity contribution in [3.8, 4) is 28.0 Å². The van der Waals surface area contributed by atoms with Crippen LogP contribution in [0, 0.1) is 17.1 Å². The number of halogens is 1. The second kappa shape index (κ2) is 5.94. The Bertz CT molecular complexity index is 911. The number of hydrogen-bond donors (Lipinski definition) is 1. The van der Waals surface area contributed by atoms with Crippen LogP contribution in [0.4, 0.5) is 4.39 Å². The highest BCUT2D eigenvalue weighted by molar-refractivity contribution is 7.16. The lowest BCUT2D eigenvalue weighted by Gasteiger charge is -1.98. The summed E-state index contributed by atoms with van der Waals surface area (Å²) < 4.78 is 13.0. The van der Waals surface area contributed by atoms with Gasteiger partial charge in [-0.2, -0.15) is 5.26 Å². The van der Waals surface area contributed by atoms with Crippen molar-refractivity contribution in [2.24, 2.45) is 5.73 Å². The molecule has 0 spiro atoms. The van der Waals surface area contributed by atoms with Gasteiger partial charge in [-0.1, -0.05) is 0 Å². The van der Waals surface area contributed by atoms with E-state index < -0.39 is 5.91 Å². The molecule has 0 saturated heterocycles. The van der Waals surface area contributed by atoms with Gasteiger partial charge in [0.1, 0.15) is 21.8 Å². The molecule has 0 aliphatic carbocycles. The molecular formula is C16H9FN4OS. The molecule has 3 aromatic rings. The number of benzene rings is 1. The van der Waals surface area contributed by atoms with Crippen LogP contribution < -0.4 is 5.73 Å². The zero-order valence-corrected chi connectivity index (χ0v) is 12.5. The molecule has 0 atom stereocenters. The van der Waals surface area contributed by atoms with Crippen LogP contribution in [0.3, 0.4) is 0 Å². The molecule has 0 aliphatic heterocycles. The number of primary amides is 1. The Kier molecular flexibility index (Phi) is 3.83. The molecule has 5 nitrogen and oxygen atoms in total. The summed E-state index contributed by atoms with van der Waals surface area (Å²) in [6.45, 7) is 0. The first-order valence-corrected chi connectivity index (χ1v) is 7.33. The second-order valence-electron chi connectivity index (χ2n) is 4.61. The minimum atomic E-state index is -0.562. The second-order valence-corrected chi connectivity index (χ2v) is 5.61. The molecule has 0 radical (unpaired) electrons. The molecule has 2 heterocycles. The van der Waals surface area contributed by atoms with Crippen LogP contribution in [0.2, 0.25) is 0 Å². The van der Waals surface area contributed by atoms with Crippen LogP contribution in [0.15, 0.2) is 42.6 Å². The Morgan fingerprint density at radius 3 is 2.52 bits per heavy atom. The number of nitrogens with zero attached hydrogens (tertiary/aromatic N) is 3. The molecule has 2 aromatic heterocycles. The van der Waals surface area contributed by atoms with E-state index in [9.17, 15) is 14.4 Å². The molecule has 0 saturated carbocycles. The molecule has 1 aromatic carbocycles. The summed E-state index contributed by atoms with van der Waals surface area (Å²) in [5.74, 6) is -0.917.